The maximum Gasteiger partial charge on any atom is 0.125 e. The third-order valence-electron chi connectivity index (χ3n) is 4.60. The second kappa shape index (κ2) is 5.24. The quantitative estimate of drug-likeness (QED) is 0.524. The fourth-order valence-corrected chi connectivity index (χ4v) is 3.95. The summed E-state index contributed by atoms with van der Waals surface area (Å²) in [4.78, 5) is 4.72. The topological polar surface area (TPSA) is 17.8 Å². The van der Waals surface area contributed by atoms with E-state index in [0.717, 1.165) is 17.3 Å². The molecule has 3 atom stereocenters. The van der Waals surface area contributed by atoms with Gasteiger partial charge >= 0.3 is 0 Å². The normalized spacial score (nSPS) is 27.3. The van der Waals surface area contributed by atoms with E-state index in [-0.39, 0.29) is 0 Å². The van der Waals surface area contributed by atoms with Crippen LogP contribution >= 0.6 is 34.2 Å². The lowest BCUT2D eigenvalue weighted by atomic mass is 9.97. The highest BCUT2D eigenvalue weighted by Crippen LogP contribution is 2.42. The average Bonchev–Trinajstić information content (AvgIpc) is 2.90. The predicted octanol–water partition coefficient (Wildman–Crippen LogP) is 4.99. The highest BCUT2D eigenvalue weighted by atomic mass is 127. The van der Waals surface area contributed by atoms with Gasteiger partial charge in [-0.2, -0.15) is 0 Å². The van der Waals surface area contributed by atoms with Crippen molar-refractivity contribution in [3.63, 3.8) is 0 Å². The largest absolute Gasteiger partial charge is 0.324 e. The number of hydrogen-bond donors (Lipinski definition) is 0. The molecule has 1 aliphatic carbocycles. The summed E-state index contributed by atoms with van der Waals surface area (Å²) in [6, 6.07) is 7.04. The van der Waals surface area contributed by atoms with Crippen LogP contribution in [0, 0.1) is 15.4 Å². The molecule has 19 heavy (non-hydrogen) atoms. The van der Waals surface area contributed by atoms with Gasteiger partial charge in [-0.3, -0.25) is 0 Å². The van der Waals surface area contributed by atoms with Gasteiger partial charge in [0, 0.05) is 9.61 Å². The van der Waals surface area contributed by atoms with Crippen LogP contribution in [-0.4, -0.2) is 9.55 Å². The Morgan fingerprint density at radius 1 is 1.37 bits per heavy atom. The van der Waals surface area contributed by atoms with E-state index < -0.39 is 0 Å². The van der Waals surface area contributed by atoms with E-state index in [1.165, 1.54) is 21.9 Å². The molecule has 0 N–H and O–H groups in total. The summed E-state index contributed by atoms with van der Waals surface area (Å²) in [5, 5.41) is 0. The van der Waals surface area contributed by atoms with Gasteiger partial charge in [-0.1, -0.05) is 13.8 Å². The molecule has 1 fully saturated rings. The zero-order valence-corrected chi connectivity index (χ0v) is 14.1. The first-order chi connectivity index (χ1) is 9.11. The lowest BCUT2D eigenvalue weighted by Gasteiger charge is -2.22. The van der Waals surface area contributed by atoms with E-state index in [9.17, 15) is 0 Å². The maximum atomic E-state index is 6.12. The van der Waals surface area contributed by atoms with Crippen molar-refractivity contribution in [2.45, 2.75) is 38.6 Å². The fraction of sp³-hybridized carbons (Fsp3) is 0.533. The summed E-state index contributed by atoms with van der Waals surface area (Å²) in [7, 11) is 0. The van der Waals surface area contributed by atoms with Crippen LogP contribution < -0.4 is 0 Å². The lowest BCUT2D eigenvalue weighted by Crippen LogP contribution is -2.16. The molecule has 0 saturated heterocycles. The lowest BCUT2D eigenvalue weighted by molar-refractivity contribution is 0.354. The first kappa shape index (κ1) is 13.7. The van der Waals surface area contributed by atoms with Gasteiger partial charge in [-0.25, -0.2) is 4.98 Å². The summed E-state index contributed by atoms with van der Waals surface area (Å²) in [5.74, 6) is 2.99. The van der Waals surface area contributed by atoms with Crippen LogP contribution in [0.3, 0.4) is 0 Å². The Morgan fingerprint density at radius 2 is 2.16 bits per heavy atom. The number of benzene rings is 1. The Kier molecular flexibility index (Phi) is 3.78. The van der Waals surface area contributed by atoms with Crippen molar-refractivity contribution < 1.29 is 0 Å². The van der Waals surface area contributed by atoms with Gasteiger partial charge in [0.05, 0.1) is 16.9 Å². The number of alkyl halides is 1. The Hall–Kier alpha value is -0.290. The van der Waals surface area contributed by atoms with Gasteiger partial charge in [0.25, 0.3) is 0 Å². The summed E-state index contributed by atoms with van der Waals surface area (Å²) in [6.45, 7) is 4.71. The molecule has 0 aliphatic heterocycles. The Labute approximate surface area is 132 Å². The molecule has 1 saturated carbocycles. The molecule has 1 aromatic heterocycles. The van der Waals surface area contributed by atoms with E-state index in [1.807, 2.05) is 0 Å². The summed E-state index contributed by atoms with van der Waals surface area (Å²) in [5.41, 5.74) is 2.32. The van der Waals surface area contributed by atoms with Crippen LogP contribution in [0.4, 0.5) is 0 Å². The highest BCUT2D eigenvalue weighted by Gasteiger charge is 2.33. The Balaban J connectivity index is 2.16. The van der Waals surface area contributed by atoms with Crippen molar-refractivity contribution in [1.29, 1.82) is 0 Å². The number of fused-ring (bicyclic) bond motifs is 1. The number of aromatic nitrogens is 2. The number of hydrogen-bond acceptors (Lipinski definition) is 1. The van der Waals surface area contributed by atoms with E-state index in [4.69, 9.17) is 16.6 Å². The number of nitrogens with zero attached hydrogens (tertiary/aromatic N) is 2. The van der Waals surface area contributed by atoms with Gasteiger partial charge in [-0.05, 0) is 65.5 Å². The highest BCUT2D eigenvalue weighted by molar-refractivity contribution is 14.1. The third kappa shape index (κ3) is 2.29. The summed E-state index contributed by atoms with van der Waals surface area (Å²) < 4.78 is 3.62. The fourth-order valence-electron chi connectivity index (χ4n) is 3.29. The molecule has 2 aromatic rings. The summed E-state index contributed by atoms with van der Waals surface area (Å²) in [6.07, 6.45) is 2.54. The Bertz CT molecular complexity index is 607. The number of halogens is 2. The first-order valence-corrected chi connectivity index (χ1v) is 8.45. The molecule has 3 unspecified atom stereocenters. The molecule has 4 heteroatoms. The van der Waals surface area contributed by atoms with Gasteiger partial charge < -0.3 is 4.57 Å². The molecular weight excluding hydrogens is 371 g/mol. The SMILES string of the molecule is CC1CCC(n2c(CCl)nc3cc(I)ccc32)C1C. The van der Waals surface area contributed by atoms with Crippen LogP contribution in [0.5, 0.6) is 0 Å². The van der Waals surface area contributed by atoms with Crippen LogP contribution in [0.2, 0.25) is 0 Å². The molecule has 0 radical (unpaired) electrons. The monoisotopic (exact) mass is 388 g/mol. The minimum absolute atomic E-state index is 0.489. The second-order valence-corrected chi connectivity index (χ2v) is 7.16. The van der Waals surface area contributed by atoms with Crippen LogP contribution in [0.25, 0.3) is 11.0 Å². The third-order valence-corrected chi connectivity index (χ3v) is 5.51. The molecule has 2 nitrogen and oxygen atoms in total. The van der Waals surface area contributed by atoms with Gasteiger partial charge in [-0.15, -0.1) is 11.6 Å². The van der Waals surface area contributed by atoms with Crippen molar-refractivity contribution in [1.82, 2.24) is 9.55 Å². The van der Waals surface area contributed by atoms with E-state index >= 15 is 0 Å². The molecule has 0 spiro atoms. The molecule has 0 amide bonds. The maximum absolute atomic E-state index is 6.12. The standard InChI is InChI=1S/C15H18ClIN2/c1-9-3-5-13(10(9)2)19-14-6-4-11(17)7-12(14)18-15(19)8-16/h4,6-7,9-10,13H,3,5,8H2,1-2H3. The van der Waals surface area contributed by atoms with E-state index in [1.54, 1.807) is 0 Å². The smallest absolute Gasteiger partial charge is 0.125 e. The molecule has 1 aromatic carbocycles. The Morgan fingerprint density at radius 3 is 2.79 bits per heavy atom. The van der Waals surface area contributed by atoms with Crippen LogP contribution in [0.15, 0.2) is 18.2 Å². The minimum Gasteiger partial charge on any atom is -0.324 e. The van der Waals surface area contributed by atoms with Crippen LogP contribution in [-0.2, 0) is 5.88 Å². The second-order valence-electron chi connectivity index (χ2n) is 5.65. The van der Waals surface area contributed by atoms with Gasteiger partial charge in [0.2, 0.25) is 0 Å². The van der Waals surface area contributed by atoms with Crippen LogP contribution in [0.1, 0.15) is 38.6 Å². The van der Waals surface area contributed by atoms with Crippen molar-refractivity contribution in [3.8, 4) is 0 Å². The van der Waals surface area contributed by atoms with E-state index in [0.29, 0.717) is 17.8 Å². The molecule has 1 heterocycles. The average molecular weight is 389 g/mol. The molecule has 1 aliphatic rings. The zero-order valence-electron chi connectivity index (χ0n) is 11.2. The van der Waals surface area contributed by atoms with Crippen molar-refractivity contribution in [3.05, 3.63) is 27.6 Å². The van der Waals surface area contributed by atoms with Crippen molar-refractivity contribution >= 4 is 45.2 Å². The van der Waals surface area contributed by atoms with Gasteiger partial charge in [0.15, 0.2) is 0 Å². The molecule has 3 rings (SSSR count). The van der Waals surface area contributed by atoms with E-state index in [2.05, 4.69) is 59.2 Å². The summed E-state index contributed by atoms with van der Waals surface area (Å²) >= 11 is 8.45. The number of imidazole rings is 1. The molecule has 0 bridgehead atoms. The predicted molar refractivity (Wildman–Crippen MR) is 88.6 cm³/mol. The molecule has 102 valence electrons. The minimum atomic E-state index is 0.489. The first-order valence-electron chi connectivity index (χ1n) is 6.84. The zero-order chi connectivity index (χ0) is 13.6. The number of rotatable bonds is 2. The van der Waals surface area contributed by atoms with Gasteiger partial charge in [0.1, 0.15) is 5.82 Å². The van der Waals surface area contributed by atoms with Crippen molar-refractivity contribution in [2.24, 2.45) is 11.8 Å². The van der Waals surface area contributed by atoms with Crippen molar-refractivity contribution in [2.75, 3.05) is 0 Å². The molecular formula is C15H18ClIN2.